The molecule has 14 heteroatoms. The minimum Gasteiger partial charge on any atom is -0.445 e. The highest BCUT2D eigenvalue weighted by molar-refractivity contribution is 7.54. The van der Waals surface area contributed by atoms with Gasteiger partial charge in [-0.25, -0.2) is 4.79 Å². The van der Waals surface area contributed by atoms with Crippen LogP contribution in [0.2, 0.25) is 5.02 Å². The summed E-state index contributed by atoms with van der Waals surface area (Å²) in [5.74, 6) is -2.95. The quantitative estimate of drug-likeness (QED) is 0.150. The molecule has 244 valence electrons. The van der Waals surface area contributed by atoms with E-state index in [1.54, 1.807) is 24.3 Å². The highest BCUT2D eigenvalue weighted by Crippen LogP contribution is 2.55. The number of aliphatic hydroxyl groups is 2. The highest BCUT2D eigenvalue weighted by atomic mass is 35.5. The van der Waals surface area contributed by atoms with Crippen LogP contribution < -0.4 is 10.6 Å². The largest absolute Gasteiger partial charge is 0.445 e. The van der Waals surface area contributed by atoms with E-state index in [1.165, 1.54) is 32.8 Å². The number of amides is 3. The van der Waals surface area contributed by atoms with Crippen molar-refractivity contribution in [2.75, 3.05) is 27.3 Å². The van der Waals surface area contributed by atoms with E-state index in [0.29, 0.717) is 16.5 Å². The van der Waals surface area contributed by atoms with Gasteiger partial charge in [0.05, 0.1) is 13.2 Å². The number of halogens is 1. The number of nitrogens with one attached hydrogen (secondary N) is 2. The lowest BCUT2D eigenvalue weighted by Crippen LogP contribution is -2.61. The average Bonchev–Trinajstić information content (AvgIpc) is 2.94. The Bertz CT molecular complexity index is 1110. The first kappa shape index (κ1) is 37.0. The first-order valence-corrected chi connectivity index (χ1v) is 16.7. The fraction of sp³-hybridized carbons (Fsp3) is 0.690. The zero-order chi connectivity index (χ0) is 32.2. The zero-order valence-electron chi connectivity index (χ0n) is 25.7. The van der Waals surface area contributed by atoms with Crippen LogP contribution in [0.5, 0.6) is 0 Å². The molecule has 3 amide bonds. The third-order valence-corrected chi connectivity index (χ3v) is 9.88. The van der Waals surface area contributed by atoms with Gasteiger partial charge in [-0.15, -0.1) is 0 Å². The third-order valence-electron chi connectivity index (χ3n) is 7.38. The molecule has 1 aliphatic rings. The summed E-state index contributed by atoms with van der Waals surface area (Å²) in [5.41, 5.74) is -1.96. The van der Waals surface area contributed by atoms with Crippen LogP contribution in [0.4, 0.5) is 4.79 Å². The Morgan fingerprint density at radius 1 is 1.19 bits per heavy atom. The van der Waals surface area contributed by atoms with Gasteiger partial charge in [0, 0.05) is 32.0 Å². The fourth-order valence-corrected chi connectivity index (χ4v) is 7.18. The number of benzene rings is 1. The zero-order valence-corrected chi connectivity index (χ0v) is 27.4. The van der Waals surface area contributed by atoms with Gasteiger partial charge in [0.1, 0.15) is 12.6 Å². The second kappa shape index (κ2) is 17.3. The number of carbonyl (C=O) groups excluding carboxylic acids is 3. The smallest absolute Gasteiger partial charge is 0.408 e. The van der Waals surface area contributed by atoms with E-state index in [2.05, 4.69) is 17.6 Å². The van der Waals surface area contributed by atoms with E-state index in [4.69, 9.17) is 25.4 Å². The van der Waals surface area contributed by atoms with Gasteiger partial charge < -0.3 is 39.5 Å². The molecule has 1 aliphatic carbocycles. The van der Waals surface area contributed by atoms with Crippen molar-refractivity contribution in [1.29, 1.82) is 0 Å². The van der Waals surface area contributed by atoms with Crippen LogP contribution in [0.25, 0.3) is 0 Å². The van der Waals surface area contributed by atoms with Gasteiger partial charge in [0.25, 0.3) is 0 Å². The summed E-state index contributed by atoms with van der Waals surface area (Å²) in [4.78, 5) is 40.3. The summed E-state index contributed by atoms with van der Waals surface area (Å²) in [6, 6.07) is 5.61. The van der Waals surface area contributed by atoms with Gasteiger partial charge in [0.2, 0.25) is 17.7 Å². The van der Waals surface area contributed by atoms with Crippen LogP contribution in [0.1, 0.15) is 71.3 Å². The molecule has 5 unspecified atom stereocenters. The Hall–Kier alpha value is -2.21. The lowest BCUT2D eigenvalue weighted by molar-refractivity contribution is -0.143. The van der Waals surface area contributed by atoms with Crippen molar-refractivity contribution in [2.24, 2.45) is 11.8 Å². The Morgan fingerprint density at radius 2 is 1.86 bits per heavy atom. The van der Waals surface area contributed by atoms with Crippen molar-refractivity contribution in [2.45, 2.75) is 89.9 Å². The molecule has 0 aliphatic heterocycles. The minimum atomic E-state index is -4.38. The third kappa shape index (κ3) is 11.7. The highest BCUT2D eigenvalue weighted by Gasteiger charge is 2.51. The van der Waals surface area contributed by atoms with Gasteiger partial charge in [-0.05, 0) is 56.2 Å². The Balaban J connectivity index is 2.32. The monoisotopic (exact) mass is 647 g/mol. The van der Waals surface area contributed by atoms with Crippen molar-refractivity contribution in [3.8, 4) is 0 Å². The Morgan fingerprint density at radius 3 is 2.44 bits per heavy atom. The number of rotatable bonds is 16. The van der Waals surface area contributed by atoms with E-state index >= 15 is 0 Å². The van der Waals surface area contributed by atoms with Crippen LogP contribution in [0.3, 0.4) is 0 Å². The molecule has 1 aromatic rings. The standard InChI is InChI=1S/C29H47ClN3O9P/c1-6-41-43(39,42-7-2)27(36)29(38,15-14-25(34)33(4)5)32-26(35)24(18-21-11-8-10-20(3)16-21)31-28(37)40-19-22-12-9-13-23(30)17-22/h9,12-13,17,20-21,24,27,36,38H,6-8,10-11,14-16,18-19H2,1-5H3,(H,31,37)(H,32,35). The predicted octanol–water partition coefficient (Wildman–Crippen LogP) is 4.41. The SMILES string of the molecule is CCOP(=O)(OCC)C(O)C(O)(CCC(=O)N(C)C)NC(=O)C(CC1CCCC(C)C1)NC(=O)OCc1cccc(Cl)c1. The van der Waals surface area contributed by atoms with Gasteiger partial charge in [-0.1, -0.05) is 49.9 Å². The fourth-order valence-electron chi connectivity index (χ4n) is 5.18. The van der Waals surface area contributed by atoms with Crippen LogP contribution in [-0.2, 0) is 34.5 Å². The first-order chi connectivity index (χ1) is 20.2. The molecule has 1 fully saturated rings. The van der Waals surface area contributed by atoms with Crippen molar-refractivity contribution in [3.63, 3.8) is 0 Å². The summed E-state index contributed by atoms with van der Waals surface area (Å²) in [6.07, 6.45) is 2.29. The van der Waals surface area contributed by atoms with Crippen molar-refractivity contribution in [3.05, 3.63) is 34.9 Å². The second-order valence-corrected chi connectivity index (χ2v) is 13.7. The number of nitrogens with zero attached hydrogens (tertiary/aromatic N) is 1. The average molecular weight is 648 g/mol. The second-order valence-electron chi connectivity index (χ2n) is 11.2. The molecule has 0 radical (unpaired) electrons. The molecule has 12 nitrogen and oxygen atoms in total. The van der Waals surface area contributed by atoms with Crippen molar-refractivity contribution >= 4 is 37.1 Å². The molecule has 1 saturated carbocycles. The molecule has 0 heterocycles. The van der Waals surface area contributed by atoms with Crippen LogP contribution in [0.15, 0.2) is 24.3 Å². The van der Waals surface area contributed by atoms with Crippen LogP contribution >= 0.6 is 19.2 Å². The van der Waals surface area contributed by atoms with E-state index in [9.17, 15) is 29.2 Å². The Labute approximate surface area is 259 Å². The lowest BCUT2D eigenvalue weighted by Gasteiger charge is -2.38. The molecule has 1 aromatic carbocycles. The molecule has 0 spiro atoms. The number of carbonyl (C=O) groups is 3. The van der Waals surface area contributed by atoms with Crippen molar-refractivity contribution in [1.82, 2.24) is 15.5 Å². The maximum atomic E-state index is 13.8. The minimum absolute atomic E-state index is 0.0949. The number of hydrogen-bond acceptors (Lipinski definition) is 9. The summed E-state index contributed by atoms with van der Waals surface area (Å²) < 4.78 is 29.3. The molecule has 0 bridgehead atoms. The molecule has 4 N–H and O–H groups in total. The van der Waals surface area contributed by atoms with Crippen molar-refractivity contribution < 1.29 is 42.9 Å². The molecule has 43 heavy (non-hydrogen) atoms. The molecule has 2 rings (SSSR count). The normalized spacial score (nSPS) is 19.9. The summed E-state index contributed by atoms with van der Waals surface area (Å²) in [6.45, 7) is 4.87. The van der Waals surface area contributed by atoms with Gasteiger partial charge in [0.15, 0.2) is 5.72 Å². The van der Waals surface area contributed by atoms with Gasteiger partial charge in [-0.2, -0.15) is 0 Å². The topological polar surface area (TPSA) is 164 Å². The van der Waals surface area contributed by atoms with Crippen LogP contribution in [-0.4, -0.2) is 77.9 Å². The molecular weight excluding hydrogens is 601 g/mol. The number of aliphatic hydroxyl groups excluding tert-OH is 1. The number of ether oxygens (including phenoxy) is 1. The number of alkyl carbamates (subject to hydrolysis) is 1. The summed E-state index contributed by atoms with van der Waals surface area (Å²) in [5, 5.41) is 28.3. The van der Waals surface area contributed by atoms with E-state index in [-0.39, 0.29) is 38.6 Å². The molecule has 0 aromatic heterocycles. The van der Waals surface area contributed by atoms with E-state index < -0.39 is 49.5 Å². The molecule has 5 atom stereocenters. The Kier molecular flexibility index (Phi) is 14.9. The molecule has 0 saturated heterocycles. The predicted molar refractivity (Wildman–Crippen MR) is 162 cm³/mol. The summed E-state index contributed by atoms with van der Waals surface area (Å²) in [7, 11) is -1.35. The summed E-state index contributed by atoms with van der Waals surface area (Å²) >= 11 is 6.01. The molecular formula is C29H47ClN3O9P. The maximum absolute atomic E-state index is 13.8. The number of hydrogen-bond donors (Lipinski definition) is 4. The van der Waals surface area contributed by atoms with Gasteiger partial charge in [-0.3, -0.25) is 14.2 Å². The van der Waals surface area contributed by atoms with Gasteiger partial charge >= 0.3 is 13.7 Å². The van der Waals surface area contributed by atoms with E-state index in [0.717, 1.165) is 25.7 Å². The van der Waals surface area contributed by atoms with E-state index in [1.807, 2.05) is 0 Å². The first-order valence-electron chi connectivity index (χ1n) is 14.7. The maximum Gasteiger partial charge on any atom is 0.408 e. The lowest BCUT2D eigenvalue weighted by atomic mass is 9.79. The van der Waals surface area contributed by atoms with Crippen LogP contribution in [0, 0.1) is 11.8 Å².